The van der Waals surface area contributed by atoms with Gasteiger partial charge in [-0.05, 0) is 54.7 Å². The van der Waals surface area contributed by atoms with Crippen LogP contribution in [0.3, 0.4) is 0 Å². The topological polar surface area (TPSA) is 105 Å². The first kappa shape index (κ1) is 23.0. The number of nitriles is 1. The number of hydrogen-bond acceptors (Lipinski definition) is 7. The molecule has 2 heterocycles. The molecule has 7 nitrogen and oxygen atoms in total. The minimum Gasteiger partial charge on any atom is -0.449 e. The monoisotopic (exact) mass is 465 g/mol. The van der Waals surface area contributed by atoms with Gasteiger partial charge in [0.2, 0.25) is 0 Å². The van der Waals surface area contributed by atoms with Crippen molar-refractivity contribution >= 4 is 39.3 Å². The Bertz CT molecular complexity index is 1240. The van der Waals surface area contributed by atoms with E-state index in [1.807, 2.05) is 0 Å². The van der Waals surface area contributed by atoms with Gasteiger partial charge < -0.3 is 14.5 Å². The summed E-state index contributed by atoms with van der Waals surface area (Å²) in [4.78, 5) is 31.0. The number of rotatable bonds is 5. The standard InChI is InChI=1S/C25H27N3O4S/c1-5-18(32-24(30)16-7-6-8-19-21(16)27-13-31-19)22(29)28-23-17(12-26)15-10-9-14(25(2,3)4)11-20(15)33-23/h6-8,13-14,18H,5,9-11H2,1-4H3,(H,28,29). The number of thiophene rings is 1. The van der Waals surface area contributed by atoms with E-state index in [0.29, 0.717) is 34.0 Å². The molecule has 0 spiro atoms. The summed E-state index contributed by atoms with van der Waals surface area (Å²) in [5.41, 5.74) is 2.86. The van der Waals surface area contributed by atoms with E-state index in [1.165, 1.54) is 17.7 Å². The predicted molar refractivity (Wildman–Crippen MR) is 126 cm³/mol. The van der Waals surface area contributed by atoms with Crippen LogP contribution in [0.2, 0.25) is 0 Å². The van der Waals surface area contributed by atoms with Crippen molar-refractivity contribution in [2.24, 2.45) is 11.3 Å². The van der Waals surface area contributed by atoms with Gasteiger partial charge in [-0.15, -0.1) is 11.3 Å². The van der Waals surface area contributed by atoms with Crippen LogP contribution in [0, 0.1) is 22.7 Å². The third-order valence-corrected chi connectivity index (χ3v) is 7.50. The summed E-state index contributed by atoms with van der Waals surface area (Å²) in [6, 6.07) is 7.24. The number of hydrogen-bond donors (Lipinski definition) is 1. The van der Waals surface area contributed by atoms with Crippen LogP contribution in [0.25, 0.3) is 11.1 Å². The van der Waals surface area contributed by atoms with Crippen molar-refractivity contribution in [3.8, 4) is 6.07 Å². The van der Waals surface area contributed by atoms with Crippen molar-refractivity contribution in [2.45, 2.75) is 59.5 Å². The Balaban J connectivity index is 1.51. The summed E-state index contributed by atoms with van der Waals surface area (Å²) in [6.07, 6.45) is 3.33. The summed E-state index contributed by atoms with van der Waals surface area (Å²) in [7, 11) is 0. The number of carbonyl (C=O) groups is 2. The number of aromatic nitrogens is 1. The number of carbonyl (C=O) groups excluding carboxylic acids is 2. The van der Waals surface area contributed by atoms with Crippen molar-refractivity contribution in [2.75, 3.05) is 5.32 Å². The highest BCUT2D eigenvalue weighted by Crippen LogP contribution is 2.44. The van der Waals surface area contributed by atoms with Gasteiger partial charge in [0.25, 0.3) is 5.91 Å². The molecule has 1 aromatic carbocycles. The van der Waals surface area contributed by atoms with Crippen LogP contribution in [-0.2, 0) is 22.4 Å². The molecule has 2 atom stereocenters. The van der Waals surface area contributed by atoms with Crippen LogP contribution in [0.1, 0.15) is 66.9 Å². The van der Waals surface area contributed by atoms with Gasteiger partial charge in [-0.3, -0.25) is 4.79 Å². The Hall–Kier alpha value is -3.18. The first-order chi connectivity index (χ1) is 15.7. The number of esters is 1. The maximum atomic E-state index is 13.0. The van der Waals surface area contributed by atoms with Crippen molar-refractivity contribution < 1.29 is 18.7 Å². The zero-order valence-electron chi connectivity index (χ0n) is 19.2. The highest BCUT2D eigenvalue weighted by Gasteiger charge is 2.33. The Morgan fingerprint density at radius 2 is 2.18 bits per heavy atom. The molecule has 0 saturated carbocycles. The number of fused-ring (bicyclic) bond motifs is 2. The fourth-order valence-electron chi connectivity index (χ4n) is 4.29. The Kier molecular flexibility index (Phi) is 6.26. The molecule has 4 rings (SSSR count). The van der Waals surface area contributed by atoms with E-state index in [0.717, 1.165) is 29.7 Å². The second-order valence-electron chi connectivity index (χ2n) is 9.42. The van der Waals surface area contributed by atoms with Gasteiger partial charge in [0, 0.05) is 4.88 Å². The molecule has 2 unspecified atom stereocenters. The average Bonchev–Trinajstić information content (AvgIpc) is 3.39. The predicted octanol–water partition coefficient (Wildman–Crippen LogP) is 5.49. The third kappa shape index (κ3) is 4.51. The van der Waals surface area contributed by atoms with Crippen LogP contribution in [0.4, 0.5) is 5.00 Å². The van der Waals surface area contributed by atoms with Gasteiger partial charge >= 0.3 is 5.97 Å². The van der Waals surface area contributed by atoms with Crippen LogP contribution in [-0.4, -0.2) is 23.0 Å². The molecule has 0 radical (unpaired) electrons. The highest BCUT2D eigenvalue weighted by atomic mass is 32.1. The number of nitrogens with zero attached hydrogens (tertiary/aromatic N) is 2. The second-order valence-corrected chi connectivity index (χ2v) is 10.5. The first-order valence-electron chi connectivity index (χ1n) is 11.1. The normalized spacial score (nSPS) is 16.6. The molecule has 8 heteroatoms. The number of ether oxygens (including phenoxy) is 1. The lowest BCUT2D eigenvalue weighted by molar-refractivity contribution is -0.124. The van der Waals surface area contributed by atoms with Gasteiger partial charge in [0.15, 0.2) is 18.1 Å². The number of para-hydroxylation sites is 1. The van der Waals surface area contributed by atoms with E-state index in [-0.39, 0.29) is 11.0 Å². The van der Waals surface area contributed by atoms with E-state index in [1.54, 1.807) is 25.1 Å². The molecular formula is C25H27N3O4S. The van der Waals surface area contributed by atoms with Crippen molar-refractivity contribution in [1.82, 2.24) is 4.98 Å². The Morgan fingerprint density at radius 1 is 1.39 bits per heavy atom. The van der Waals surface area contributed by atoms with Gasteiger partial charge in [0.05, 0.1) is 11.1 Å². The number of benzene rings is 1. The molecule has 1 N–H and O–H groups in total. The van der Waals surface area contributed by atoms with E-state index in [4.69, 9.17) is 9.15 Å². The molecule has 2 aromatic heterocycles. The van der Waals surface area contributed by atoms with Crippen molar-refractivity contribution in [1.29, 1.82) is 5.26 Å². The lowest BCUT2D eigenvalue weighted by Gasteiger charge is -2.33. The minimum atomic E-state index is -0.993. The van der Waals surface area contributed by atoms with Crippen LogP contribution >= 0.6 is 11.3 Å². The van der Waals surface area contributed by atoms with Crippen LogP contribution in [0.5, 0.6) is 0 Å². The third-order valence-electron chi connectivity index (χ3n) is 6.33. The molecule has 0 bridgehead atoms. The lowest BCUT2D eigenvalue weighted by atomic mass is 9.72. The van der Waals surface area contributed by atoms with E-state index in [9.17, 15) is 14.9 Å². The quantitative estimate of drug-likeness (QED) is 0.500. The van der Waals surface area contributed by atoms with Gasteiger partial charge in [-0.2, -0.15) is 5.26 Å². The van der Waals surface area contributed by atoms with E-state index < -0.39 is 18.0 Å². The van der Waals surface area contributed by atoms with E-state index in [2.05, 4.69) is 37.1 Å². The average molecular weight is 466 g/mol. The summed E-state index contributed by atoms with van der Waals surface area (Å²) in [5, 5.41) is 13.2. The van der Waals surface area contributed by atoms with Crippen LogP contribution < -0.4 is 5.32 Å². The lowest BCUT2D eigenvalue weighted by Crippen LogP contribution is -2.32. The molecule has 172 valence electrons. The largest absolute Gasteiger partial charge is 0.449 e. The molecule has 1 amide bonds. The SMILES string of the molecule is CCC(OC(=O)c1cccc2ocnc12)C(=O)Nc1sc2c(c1C#N)CCC(C(C)(C)C)C2. The Morgan fingerprint density at radius 3 is 2.88 bits per heavy atom. The van der Waals surface area contributed by atoms with Gasteiger partial charge in [-0.25, -0.2) is 9.78 Å². The summed E-state index contributed by atoms with van der Waals surface area (Å²) in [5.74, 6) is -0.557. The first-order valence-corrected chi connectivity index (χ1v) is 11.9. The molecule has 1 aliphatic rings. The molecule has 0 saturated heterocycles. The fourth-order valence-corrected chi connectivity index (χ4v) is 5.57. The van der Waals surface area contributed by atoms with E-state index >= 15 is 0 Å². The second kappa shape index (κ2) is 8.99. The summed E-state index contributed by atoms with van der Waals surface area (Å²) < 4.78 is 10.8. The minimum absolute atomic E-state index is 0.187. The highest BCUT2D eigenvalue weighted by molar-refractivity contribution is 7.16. The Labute approximate surface area is 196 Å². The summed E-state index contributed by atoms with van der Waals surface area (Å²) >= 11 is 1.46. The van der Waals surface area contributed by atoms with Gasteiger partial charge in [-0.1, -0.05) is 33.8 Å². The maximum Gasteiger partial charge on any atom is 0.341 e. The maximum absolute atomic E-state index is 13.0. The number of nitrogens with one attached hydrogen (secondary N) is 1. The molecular weight excluding hydrogens is 438 g/mol. The molecule has 33 heavy (non-hydrogen) atoms. The zero-order valence-corrected chi connectivity index (χ0v) is 20.0. The van der Waals surface area contributed by atoms with Crippen LogP contribution in [0.15, 0.2) is 29.0 Å². The number of amides is 1. The molecule has 1 aliphatic carbocycles. The zero-order chi connectivity index (χ0) is 23.8. The molecule has 3 aromatic rings. The number of oxazole rings is 1. The smallest absolute Gasteiger partial charge is 0.341 e. The summed E-state index contributed by atoms with van der Waals surface area (Å²) in [6.45, 7) is 8.49. The van der Waals surface area contributed by atoms with Crippen molar-refractivity contribution in [3.63, 3.8) is 0 Å². The molecule has 0 aliphatic heterocycles. The van der Waals surface area contributed by atoms with Gasteiger partial charge in [0.1, 0.15) is 16.6 Å². The fraction of sp³-hybridized carbons (Fsp3) is 0.440. The number of anilines is 1. The van der Waals surface area contributed by atoms with Crippen molar-refractivity contribution in [3.05, 3.63) is 46.2 Å². The molecule has 0 fully saturated rings.